The number of carbonyl (C=O) groups is 3. The lowest BCUT2D eigenvalue weighted by molar-refractivity contribution is -0.116. The van der Waals surface area contributed by atoms with Crippen LogP contribution in [0.2, 0.25) is 0 Å². The van der Waals surface area contributed by atoms with E-state index in [0.717, 1.165) is 11.3 Å². The zero-order valence-electron chi connectivity index (χ0n) is 18.5. The Bertz CT molecular complexity index is 1100. The van der Waals surface area contributed by atoms with Gasteiger partial charge in [-0.2, -0.15) is 0 Å². The molecule has 172 valence electrons. The number of methoxy groups -OCH3 is 2. The van der Waals surface area contributed by atoms with Gasteiger partial charge < -0.3 is 23.9 Å². The molecule has 0 radical (unpaired) electrons. The summed E-state index contributed by atoms with van der Waals surface area (Å²) in [7, 11) is 2.45. The Morgan fingerprint density at radius 3 is 2.18 bits per heavy atom. The molecule has 1 aromatic heterocycles. The molecule has 0 bridgehead atoms. The van der Waals surface area contributed by atoms with E-state index in [1.54, 1.807) is 6.20 Å². The molecule has 0 spiro atoms. The maximum absolute atomic E-state index is 12.4. The Hall–Kier alpha value is -4.14. The predicted octanol–water partition coefficient (Wildman–Crippen LogP) is 3.88. The van der Waals surface area contributed by atoms with Crippen molar-refractivity contribution < 1.29 is 33.0 Å². The molecule has 0 unspecified atom stereocenters. The normalized spacial score (nSPS) is 10.4. The van der Waals surface area contributed by atoms with Gasteiger partial charge in [-0.25, -0.2) is 14.6 Å². The number of carbonyl (C=O) groups excluding carboxylic acids is 3. The smallest absolute Gasteiger partial charge is 0.337 e. The Morgan fingerprint density at radius 2 is 1.61 bits per heavy atom. The summed E-state index contributed by atoms with van der Waals surface area (Å²) in [6.45, 7) is 2.51. The van der Waals surface area contributed by atoms with E-state index in [2.05, 4.69) is 10.3 Å². The molecule has 1 N–H and O–H groups in total. The number of aromatic nitrogens is 1. The molecule has 0 saturated heterocycles. The molecule has 0 aliphatic rings. The molecule has 0 atom stereocenters. The first-order valence-electron chi connectivity index (χ1n) is 10.2. The summed E-state index contributed by atoms with van der Waals surface area (Å²) in [6, 6.07) is 11.6. The lowest BCUT2D eigenvalue weighted by Gasteiger charge is -2.09. The van der Waals surface area contributed by atoms with Crippen LogP contribution in [0.3, 0.4) is 0 Å². The number of rotatable bonds is 9. The lowest BCUT2D eigenvalue weighted by atomic mass is 10.1. The molecule has 0 aliphatic heterocycles. The van der Waals surface area contributed by atoms with Crippen molar-refractivity contribution in [2.45, 2.75) is 19.8 Å². The Kier molecular flexibility index (Phi) is 7.80. The second kappa shape index (κ2) is 10.9. The number of amides is 1. The number of nitrogens with zero attached hydrogens (tertiary/aromatic N) is 1. The summed E-state index contributed by atoms with van der Waals surface area (Å²) in [5.41, 5.74) is 1.34. The molecule has 3 rings (SSSR count). The number of hydrogen-bond donors (Lipinski definition) is 1. The van der Waals surface area contributed by atoms with Crippen LogP contribution in [0, 0.1) is 0 Å². The fraction of sp³-hybridized carbons (Fsp3) is 0.250. The molecule has 1 heterocycles. The number of aryl methyl sites for hydroxylation is 1. The topological polar surface area (TPSA) is 117 Å². The minimum atomic E-state index is -0.641. The van der Waals surface area contributed by atoms with Gasteiger partial charge in [0.1, 0.15) is 5.75 Å². The quantitative estimate of drug-likeness (QED) is 0.486. The Balaban J connectivity index is 1.63. The van der Waals surface area contributed by atoms with Crippen LogP contribution in [0.25, 0.3) is 11.3 Å². The van der Waals surface area contributed by atoms with E-state index in [4.69, 9.17) is 18.6 Å². The van der Waals surface area contributed by atoms with Gasteiger partial charge in [-0.05, 0) is 49.4 Å². The Labute approximate surface area is 190 Å². The van der Waals surface area contributed by atoms with E-state index in [1.807, 2.05) is 31.2 Å². The summed E-state index contributed by atoms with van der Waals surface area (Å²) < 4.78 is 20.6. The van der Waals surface area contributed by atoms with Crippen LogP contribution in [0.1, 0.15) is 40.0 Å². The Morgan fingerprint density at radius 1 is 0.970 bits per heavy atom. The van der Waals surface area contributed by atoms with Crippen molar-refractivity contribution >= 4 is 23.5 Å². The molecule has 9 nitrogen and oxygen atoms in total. The fourth-order valence-corrected chi connectivity index (χ4v) is 3.06. The van der Waals surface area contributed by atoms with Crippen molar-refractivity contribution in [2.75, 3.05) is 26.1 Å². The van der Waals surface area contributed by atoms with Crippen LogP contribution in [0.4, 0.5) is 5.69 Å². The zero-order valence-corrected chi connectivity index (χ0v) is 18.5. The van der Waals surface area contributed by atoms with Crippen LogP contribution in [0.15, 0.2) is 53.1 Å². The summed E-state index contributed by atoms with van der Waals surface area (Å²) in [5.74, 6) is 0.142. The highest BCUT2D eigenvalue weighted by molar-refractivity contribution is 5.99. The van der Waals surface area contributed by atoms with E-state index >= 15 is 0 Å². The van der Waals surface area contributed by atoms with E-state index in [1.165, 1.54) is 32.4 Å². The van der Waals surface area contributed by atoms with Crippen molar-refractivity contribution in [1.29, 1.82) is 0 Å². The van der Waals surface area contributed by atoms with Gasteiger partial charge in [-0.15, -0.1) is 0 Å². The van der Waals surface area contributed by atoms with Crippen molar-refractivity contribution in [2.24, 2.45) is 0 Å². The highest BCUT2D eigenvalue weighted by atomic mass is 16.5. The van der Waals surface area contributed by atoms with Gasteiger partial charge in [0.25, 0.3) is 0 Å². The van der Waals surface area contributed by atoms with Gasteiger partial charge in [-0.1, -0.05) is 0 Å². The van der Waals surface area contributed by atoms with Crippen molar-refractivity contribution in [3.63, 3.8) is 0 Å². The fourth-order valence-electron chi connectivity index (χ4n) is 3.06. The molecule has 3 aromatic rings. The molecule has 0 saturated carbocycles. The van der Waals surface area contributed by atoms with Crippen molar-refractivity contribution in [3.05, 3.63) is 65.7 Å². The lowest BCUT2D eigenvalue weighted by Crippen LogP contribution is -2.14. The number of hydrogen-bond acceptors (Lipinski definition) is 8. The van der Waals surface area contributed by atoms with Gasteiger partial charge in [-0.3, -0.25) is 4.79 Å². The van der Waals surface area contributed by atoms with Crippen molar-refractivity contribution in [1.82, 2.24) is 4.98 Å². The van der Waals surface area contributed by atoms with Gasteiger partial charge >= 0.3 is 11.9 Å². The second-order valence-corrected chi connectivity index (χ2v) is 6.91. The van der Waals surface area contributed by atoms with Crippen molar-refractivity contribution in [3.8, 4) is 17.1 Å². The standard InChI is InChI=1S/C24H24N2O7/c1-4-32-19-7-5-15(6-8-19)20-14-25-22(33-20)10-9-21(27)26-18-12-16(23(28)30-2)11-17(13-18)24(29)31-3/h5-8,11-14H,4,9-10H2,1-3H3,(H,26,27). The molecule has 1 amide bonds. The minimum absolute atomic E-state index is 0.0826. The maximum Gasteiger partial charge on any atom is 0.337 e. The monoisotopic (exact) mass is 452 g/mol. The average Bonchev–Trinajstić information content (AvgIpc) is 3.31. The molecular formula is C24H24N2O7. The van der Waals surface area contributed by atoms with Crippen LogP contribution >= 0.6 is 0 Å². The van der Waals surface area contributed by atoms with Gasteiger partial charge in [0.2, 0.25) is 5.91 Å². The molecule has 0 aliphatic carbocycles. The average molecular weight is 452 g/mol. The number of benzene rings is 2. The summed E-state index contributed by atoms with van der Waals surface area (Å²) in [4.78, 5) is 40.4. The minimum Gasteiger partial charge on any atom is -0.494 e. The van der Waals surface area contributed by atoms with Gasteiger partial charge in [0, 0.05) is 24.1 Å². The first kappa shape index (κ1) is 23.5. The van der Waals surface area contributed by atoms with Gasteiger partial charge in [0.15, 0.2) is 11.7 Å². The summed E-state index contributed by atoms with van der Waals surface area (Å²) in [5, 5.41) is 2.67. The maximum atomic E-state index is 12.4. The highest BCUT2D eigenvalue weighted by Crippen LogP contribution is 2.24. The van der Waals surface area contributed by atoms with Gasteiger partial charge in [0.05, 0.1) is 38.2 Å². The van der Waals surface area contributed by atoms with E-state index in [0.29, 0.717) is 18.3 Å². The molecule has 9 heteroatoms. The van der Waals surface area contributed by atoms with E-state index in [9.17, 15) is 14.4 Å². The third-order valence-electron chi connectivity index (χ3n) is 4.63. The molecule has 2 aromatic carbocycles. The molecule has 0 fully saturated rings. The third-order valence-corrected chi connectivity index (χ3v) is 4.63. The van der Waals surface area contributed by atoms with E-state index in [-0.39, 0.29) is 35.6 Å². The number of nitrogens with one attached hydrogen (secondary N) is 1. The molecule has 33 heavy (non-hydrogen) atoms. The first-order valence-corrected chi connectivity index (χ1v) is 10.2. The third kappa shape index (κ3) is 6.19. The number of ether oxygens (including phenoxy) is 3. The number of esters is 2. The highest BCUT2D eigenvalue weighted by Gasteiger charge is 2.16. The number of oxazole rings is 1. The van der Waals surface area contributed by atoms with Crippen LogP contribution in [0.5, 0.6) is 5.75 Å². The largest absolute Gasteiger partial charge is 0.494 e. The second-order valence-electron chi connectivity index (χ2n) is 6.91. The summed E-state index contributed by atoms with van der Waals surface area (Å²) in [6.07, 6.45) is 1.95. The zero-order chi connectivity index (χ0) is 23.8. The number of anilines is 1. The van der Waals surface area contributed by atoms with E-state index < -0.39 is 11.9 Å². The van der Waals surface area contributed by atoms with Crippen LogP contribution < -0.4 is 10.1 Å². The van der Waals surface area contributed by atoms with Crippen LogP contribution in [-0.4, -0.2) is 43.7 Å². The summed E-state index contributed by atoms with van der Waals surface area (Å²) >= 11 is 0. The van der Waals surface area contributed by atoms with Crippen LogP contribution in [-0.2, 0) is 20.7 Å². The molecular weight excluding hydrogens is 428 g/mol. The predicted molar refractivity (Wildman–Crippen MR) is 119 cm³/mol. The first-order chi connectivity index (χ1) is 15.9. The SMILES string of the molecule is CCOc1ccc(-c2cnc(CCC(=O)Nc3cc(C(=O)OC)cc(C(=O)OC)c3)o2)cc1.